The Morgan fingerprint density at radius 3 is 2.74 bits per heavy atom. The number of hydrogen-bond acceptors (Lipinski definition) is 4. The van der Waals surface area contributed by atoms with Crippen LogP contribution >= 0.6 is 22.9 Å². The summed E-state index contributed by atoms with van der Waals surface area (Å²) < 4.78 is 0. The van der Waals surface area contributed by atoms with Gasteiger partial charge >= 0.3 is 0 Å². The van der Waals surface area contributed by atoms with Gasteiger partial charge in [0, 0.05) is 11.1 Å². The molecule has 3 nitrogen and oxygen atoms in total. The Kier molecular flexibility index (Phi) is 3.36. The van der Waals surface area contributed by atoms with Crippen molar-refractivity contribution >= 4 is 39.0 Å². The van der Waals surface area contributed by atoms with Crippen molar-refractivity contribution in [2.24, 2.45) is 0 Å². The molecular weight excluding hydrogens is 278 g/mol. The molecule has 0 fully saturated rings. The van der Waals surface area contributed by atoms with Gasteiger partial charge in [0.25, 0.3) is 0 Å². The summed E-state index contributed by atoms with van der Waals surface area (Å²) in [7, 11) is 0. The molecule has 5 heteroatoms. The van der Waals surface area contributed by atoms with Crippen molar-refractivity contribution in [2.75, 3.05) is 5.32 Å². The summed E-state index contributed by atoms with van der Waals surface area (Å²) in [5.41, 5.74) is 1.17. The molecule has 0 aliphatic heterocycles. The maximum absolute atomic E-state index is 5.90. The van der Waals surface area contributed by atoms with Crippen molar-refractivity contribution in [3.05, 3.63) is 52.6 Å². The predicted octanol–water partition coefficient (Wildman–Crippen LogP) is 4.52. The summed E-state index contributed by atoms with van der Waals surface area (Å²) in [6.07, 6.45) is 1.59. The highest BCUT2D eigenvalue weighted by atomic mass is 35.5. The molecule has 0 bridgehead atoms. The molecule has 3 rings (SSSR count). The van der Waals surface area contributed by atoms with Crippen LogP contribution < -0.4 is 5.32 Å². The Labute approximate surface area is 120 Å². The van der Waals surface area contributed by atoms with Gasteiger partial charge in [0.2, 0.25) is 0 Å². The van der Waals surface area contributed by atoms with E-state index in [0.29, 0.717) is 0 Å². The third-order valence-corrected chi connectivity index (χ3v) is 4.06. The van der Waals surface area contributed by atoms with Crippen LogP contribution in [0.5, 0.6) is 0 Å². The highest BCUT2D eigenvalue weighted by molar-refractivity contribution is 7.16. The number of fused-ring (bicyclic) bond motifs is 1. The predicted molar refractivity (Wildman–Crippen MR) is 80.9 cm³/mol. The number of nitrogens with zero attached hydrogens (tertiary/aromatic N) is 2. The number of hydrogen-bond donors (Lipinski definition) is 1. The number of nitrogens with one attached hydrogen (secondary N) is 1. The Morgan fingerprint density at radius 1 is 1.16 bits per heavy atom. The summed E-state index contributed by atoms with van der Waals surface area (Å²) in [5.74, 6) is 0.869. The molecule has 0 saturated carbocycles. The lowest BCUT2D eigenvalue weighted by Gasteiger charge is -2.15. The summed E-state index contributed by atoms with van der Waals surface area (Å²) in [6, 6.07) is 10.0. The van der Waals surface area contributed by atoms with Gasteiger partial charge in [-0.2, -0.15) is 0 Å². The fourth-order valence-electron chi connectivity index (χ4n) is 1.94. The van der Waals surface area contributed by atoms with Gasteiger partial charge in [-0.15, -0.1) is 11.3 Å². The minimum Gasteiger partial charge on any atom is -0.363 e. The molecule has 1 aromatic carbocycles. The largest absolute Gasteiger partial charge is 0.363 e. The van der Waals surface area contributed by atoms with Crippen LogP contribution in [0, 0.1) is 0 Å². The van der Waals surface area contributed by atoms with Gasteiger partial charge in [-0.25, -0.2) is 9.97 Å². The normalized spacial score (nSPS) is 12.5. The van der Waals surface area contributed by atoms with Crippen LogP contribution in [0.4, 0.5) is 5.82 Å². The molecule has 0 saturated heterocycles. The lowest BCUT2D eigenvalue weighted by atomic mass is 10.1. The van der Waals surface area contributed by atoms with Crippen LogP contribution in [0.3, 0.4) is 0 Å². The molecule has 96 valence electrons. The van der Waals surface area contributed by atoms with E-state index in [-0.39, 0.29) is 6.04 Å². The fourth-order valence-corrected chi connectivity index (χ4v) is 2.80. The van der Waals surface area contributed by atoms with Crippen LogP contribution in [-0.2, 0) is 0 Å². The molecule has 19 heavy (non-hydrogen) atoms. The Hall–Kier alpha value is -1.65. The van der Waals surface area contributed by atoms with Crippen molar-refractivity contribution < 1.29 is 0 Å². The van der Waals surface area contributed by atoms with Gasteiger partial charge in [-0.3, -0.25) is 0 Å². The molecule has 0 aliphatic rings. The molecule has 0 amide bonds. The first kappa shape index (κ1) is 12.4. The smallest absolute Gasteiger partial charge is 0.138 e. The first-order valence-corrected chi connectivity index (χ1v) is 7.20. The summed E-state index contributed by atoms with van der Waals surface area (Å²) in [5, 5.41) is 7.26. The quantitative estimate of drug-likeness (QED) is 0.770. The highest BCUT2D eigenvalue weighted by Crippen LogP contribution is 2.27. The maximum Gasteiger partial charge on any atom is 0.138 e. The topological polar surface area (TPSA) is 37.8 Å². The van der Waals surface area contributed by atoms with Crippen molar-refractivity contribution in [1.82, 2.24) is 9.97 Å². The molecule has 2 aromatic heterocycles. The standard InChI is InChI=1S/C14H12ClN3S/c1-9(10-2-4-11(15)5-3-10)18-13-12-6-7-19-14(12)17-8-16-13/h2-9H,1H3,(H,16,17,18)/t9-/m0/s1. The van der Waals surface area contributed by atoms with Crippen LogP contribution in [0.2, 0.25) is 5.02 Å². The van der Waals surface area contributed by atoms with Crippen molar-refractivity contribution in [1.29, 1.82) is 0 Å². The minimum absolute atomic E-state index is 0.162. The summed E-state index contributed by atoms with van der Waals surface area (Å²) in [6.45, 7) is 2.10. The van der Waals surface area contributed by atoms with E-state index < -0.39 is 0 Å². The van der Waals surface area contributed by atoms with E-state index >= 15 is 0 Å². The summed E-state index contributed by atoms with van der Waals surface area (Å²) >= 11 is 7.52. The van der Waals surface area contributed by atoms with E-state index in [1.54, 1.807) is 17.7 Å². The molecule has 0 radical (unpaired) electrons. The zero-order valence-electron chi connectivity index (χ0n) is 10.3. The molecule has 1 N–H and O–H groups in total. The first-order chi connectivity index (χ1) is 9.24. The Morgan fingerprint density at radius 2 is 1.95 bits per heavy atom. The molecule has 2 heterocycles. The van der Waals surface area contributed by atoms with Gasteiger partial charge in [-0.1, -0.05) is 23.7 Å². The van der Waals surface area contributed by atoms with Crippen molar-refractivity contribution in [3.63, 3.8) is 0 Å². The van der Waals surface area contributed by atoms with E-state index in [0.717, 1.165) is 21.1 Å². The number of thiophene rings is 1. The van der Waals surface area contributed by atoms with Crippen LogP contribution in [0.15, 0.2) is 42.0 Å². The zero-order chi connectivity index (χ0) is 13.2. The second-order valence-corrected chi connectivity index (χ2v) is 5.61. The van der Waals surface area contributed by atoms with E-state index in [9.17, 15) is 0 Å². The Balaban J connectivity index is 1.88. The van der Waals surface area contributed by atoms with E-state index in [4.69, 9.17) is 11.6 Å². The second-order valence-electron chi connectivity index (χ2n) is 4.28. The molecule has 1 atom stereocenters. The number of aromatic nitrogens is 2. The van der Waals surface area contributed by atoms with E-state index in [1.165, 1.54) is 5.56 Å². The van der Waals surface area contributed by atoms with E-state index in [1.807, 2.05) is 35.7 Å². The summed E-state index contributed by atoms with van der Waals surface area (Å²) in [4.78, 5) is 9.56. The average Bonchev–Trinajstić information content (AvgIpc) is 2.89. The minimum atomic E-state index is 0.162. The molecule has 0 aliphatic carbocycles. The number of halogens is 1. The molecular formula is C14H12ClN3S. The van der Waals surface area contributed by atoms with Crippen molar-refractivity contribution in [3.8, 4) is 0 Å². The highest BCUT2D eigenvalue weighted by Gasteiger charge is 2.09. The lowest BCUT2D eigenvalue weighted by Crippen LogP contribution is -2.08. The monoisotopic (exact) mass is 289 g/mol. The first-order valence-electron chi connectivity index (χ1n) is 5.94. The second kappa shape index (κ2) is 5.15. The van der Waals surface area contributed by atoms with Crippen molar-refractivity contribution in [2.45, 2.75) is 13.0 Å². The zero-order valence-corrected chi connectivity index (χ0v) is 11.9. The third kappa shape index (κ3) is 2.55. The number of rotatable bonds is 3. The molecule has 3 aromatic rings. The molecule has 0 spiro atoms. The Bertz CT molecular complexity index is 693. The van der Waals surface area contributed by atoms with Crippen LogP contribution in [0.25, 0.3) is 10.2 Å². The average molecular weight is 290 g/mol. The van der Waals surface area contributed by atoms with Gasteiger partial charge < -0.3 is 5.32 Å². The fraction of sp³-hybridized carbons (Fsp3) is 0.143. The van der Waals surface area contributed by atoms with Gasteiger partial charge in [0.1, 0.15) is 17.0 Å². The van der Waals surface area contributed by atoms with Gasteiger partial charge in [0.15, 0.2) is 0 Å². The van der Waals surface area contributed by atoms with Crippen LogP contribution in [-0.4, -0.2) is 9.97 Å². The van der Waals surface area contributed by atoms with Gasteiger partial charge in [-0.05, 0) is 36.1 Å². The van der Waals surface area contributed by atoms with Gasteiger partial charge in [0.05, 0.1) is 5.39 Å². The number of benzene rings is 1. The SMILES string of the molecule is C[C@H](Nc1ncnc2sccc12)c1ccc(Cl)cc1. The van der Waals surface area contributed by atoms with Crippen LogP contribution in [0.1, 0.15) is 18.5 Å². The van der Waals surface area contributed by atoms with E-state index in [2.05, 4.69) is 22.2 Å². The molecule has 0 unspecified atom stereocenters. The maximum atomic E-state index is 5.90. The third-order valence-electron chi connectivity index (χ3n) is 2.98. The number of anilines is 1. The lowest BCUT2D eigenvalue weighted by molar-refractivity contribution is 0.876.